The van der Waals surface area contributed by atoms with Crippen LogP contribution in [-0.2, 0) is 0 Å². The summed E-state index contributed by atoms with van der Waals surface area (Å²) in [6, 6.07) is 6.13. The summed E-state index contributed by atoms with van der Waals surface area (Å²) in [4.78, 5) is 0. The number of alkyl halides is 3. The second-order valence-electron chi connectivity index (χ2n) is 7.13. The highest BCUT2D eigenvalue weighted by Gasteiger charge is 2.41. The van der Waals surface area contributed by atoms with Crippen LogP contribution in [0.25, 0.3) is 0 Å². The van der Waals surface area contributed by atoms with Gasteiger partial charge < -0.3 is 10.1 Å². The zero-order valence-electron chi connectivity index (χ0n) is 14.9. The molecule has 1 aromatic carbocycles. The summed E-state index contributed by atoms with van der Waals surface area (Å²) in [6.07, 6.45) is 2.48. The molecule has 0 saturated heterocycles. The van der Waals surface area contributed by atoms with Crippen molar-refractivity contribution in [2.24, 2.45) is 11.0 Å². The highest BCUT2D eigenvalue weighted by molar-refractivity contribution is 6.05. The first-order valence-electron chi connectivity index (χ1n) is 8.96. The third-order valence-electron chi connectivity index (χ3n) is 5.49. The first-order chi connectivity index (χ1) is 12.9. The predicted octanol–water partition coefficient (Wildman–Crippen LogP) is 5.00. The molecule has 2 unspecified atom stereocenters. The van der Waals surface area contributed by atoms with Crippen LogP contribution in [0.4, 0.5) is 13.2 Å². The molecule has 1 heterocycles. The number of hydrogen-bond donors (Lipinski definition) is 1. The van der Waals surface area contributed by atoms with Gasteiger partial charge >= 0.3 is 6.36 Å². The van der Waals surface area contributed by atoms with E-state index in [1.54, 1.807) is 12.1 Å². The number of nitrogens with zero attached hydrogens (tertiary/aromatic N) is 2. The normalized spacial score (nSPS) is 24.8. The van der Waals surface area contributed by atoms with Gasteiger partial charge in [0.2, 0.25) is 0 Å². The van der Waals surface area contributed by atoms with E-state index in [0.717, 1.165) is 42.5 Å². The first-order valence-corrected chi connectivity index (χ1v) is 8.96. The largest absolute Gasteiger partial charge is 0.573 e. The monoisotopic (exact) mass is 375 g/mol. The van der Waals surface area contributed by atoms with Crippen molar-refractivity contribution in [3.63, 3.8) is 0 Å². The Labute approximate surface area is 155 Å². The van der Waals surface area contributed by atoms with E-state index in [1.807, 2.05) is 12.1 Å². The first kappa shape index (κ1) is 17.8. The van der Waals surface area contributed by atoms with Gasteiger partial charge in [-0.1, -0.05) is 18.2 Å². The number of benzene rings is 1. The number of hydrogen-bond acceptors (Lipinski definition) is 4. The zero-order valence-corrected chi connectivity index (χ0v) is 14.9. The molecule has 1 N–H and O–H groups in total. The van der Waals surface area contributed by atoms with Crippen LogP contribution in [0.15, 0.2) is 52.2 Å². The molecule has 4 rings (SSSR count). The average molecular weight is 375 g/mol. The molecule has 0 amide bonds. The third-order valence-corrected chi connectivity index (χ3v) is 5.49. The van der Waals surface area contributed by atoms with Crippen molar-refractivity contribution in [3.8, 4) is 5.75 Å². The lowest BCUT2D eigenvalue weighted by Gasteiger charge is -2.31. The molecule has 0 bridgehead atoms. The lowest BCUT2D eigenvalue weighted by atomic mass is 9.74. The van der Waals surface area contributed by atoms with E-state index in [9.17, 15) is 13.2 Å². The molecule has 3 aliphatic rings. The van der Waals surface area contributed by atoms with Crippen LogP contribution in [-0.4, -0.2) is 30.3 Å². The molecule has 1 aliphatic heterocycles. The Hall–Kier alpha value is -2.57. The van der Waals surface area contributed by atoms with Gasteiger partial charge in [-0.25, -0.2) is 0 Å². The molecular weight excluding hydrogens is 355 g/mol. The van der Waals surface area contributed by atoms with Gasteiger partial charge in [-0.05, 0) is 60.1 Å². The summed E-state index contributed by atoms with van der Waals surface area (Å²) >= 11 is 0. The Bertz CT molecular complexity index is 852. The molecule has 27 heavy (non-hydrogen) atoms. The average Bonchev–Trinajstić information content (AvgIpc) is 2.97. The number of rotatable bonds is 3. The molecular formula is C20H20F3N3O. The number of hydrazone groups is 1. The lowest BCUT2D eigenvalue weighted by Crippen LogP contribution is -2.27. The lowest BCUT2D eigenvalue weighted by molar-refractivity contribution is -0.274. The maximum Gasteiger partial charge on any atom is 0.573 e. The fourth-order valence-electron chi connectivity index (χ4n) is 4.36. The van der Waals surface area contributed by atoms with Crippen LogP contribution < -0.4 is 4.74 Å². The summed E-state index contributed by atoms with van der Waals surface area (Å²) in [6.45, 7) is 0. The number of nitrogens with one attached hydrogen (secondary N) is 1. The predicted molar refractivity (Wildman–Crippen MR) is 96.9 cm³/mol. The second kappa shape index (κ2) is 6.55. The van der Waals surface area contributed by atoms with Crippen LogP contribution in [0.2, 0.25) is 0 Å². The van der Waals surface area contributed by atoms with Crippen LogP contribution in [0, 0.1) is 11.3 Å². The highest BCUT2D eigenvalue weighted by Crippen LogP contribution is 2.46. The van der Waals surface area contributed by atoms with E-state index < -0.39 is 6.36 Å². The minimum atomic E-state index is -4.68. The minimum Gasteiger partial charge on any atom is -0.406 e. The van der Waals surface area contributed by atoms with Crippen molar-refractivity contribution in [3.05, 3.63) is 52.6 Å². The summed E-state index contributed by atoms with van der Waals surface area (Å²) in [5.41, 5.74) is 5.64. The van der Waals surface area contributed by atoms with Crippen molar-refractivity contribution in [2.45, 2.75) is 38.1 Å². The van der Waals surface area contributed by atoms with Crippen molar-refractivity contribution in [1.29, 1.82) is 5.41 Å². The van der Waals surface area contributed by atoms with E-state index in [-0.39, 0.29) is 17.7 Å². The van der Waals surface area contributed by atoms with Crippen molar-refractivity contribution >= 4 is 11.9 Å². The third kappa shape index (κ3) is 3.38. The Morgan fingerprint density at radius 3 is 2.59 bits per heavy atom. The summed E-state index contributed by atoms with van der Waals surface area (Å²) in [5.74, 6) is 0.0244. The Kier molecular flexibility index (Phi) is 4.32. The van der Waals surface area contributed by atoms with Gasteiger partial charge in [0.15, 0.2) is 0 Å². The quantitative estimate of drug-likeness (QED) is 0.756. The molecule has 0 radical (unpaired) electrons. The van der Waals surface area contributed by atoms with Gasteiger partial charge in [-0.2, -0.15) is 5.10 Å². The van der Waals surface area contributed by atoms with E-state index in [4.69, 9.17) is 10.5 Å². The van der Waals surface area contributed by atoms with Gasteiger partial charge in [0.05, 0.1) is 11.8 Å². The zero-order chi connectivity index (χ0) is 19.2. The van der Waals surface area contributed by atoms with E-state index in [1.165, 1.54) is 29.5 Å². The van der Waals surface area contributed by atoms with Crippen molar-refractivity contribution in [2.75, 3.05) is 7.05 Å². The maximum absolute atomic E-state index is 12.4. The summed E-state index contributed by atoms with van der Waals surface area (Å²) in [7, 11) is 1.91. The van der Waals surface area contributed by atoms with Crippen LogP contribution in [0.1, 0.15) is 37.3 Å². The number of allylic oxidation sites excluding steroid dienone is 4. The van der Waals surface area contributed by atoms with Crippen molar-refractivity contribution in [1.82, 2.24) is 5.01 Å². The maximum atomic E-state index is 12.4. The number of ether oxygens (including phenoxy) is 1. The van der Waals surface area contributed by atoms with Gasteiger partial charge in [-0.15, -0.1) is 13.2 Å². The molecule has 0 saturated carbocycles. The molecule has 0 aromatic heterocycles. The second-order valence-corrected chi connectivity index (χ2v) is 7.13. The molecule has 1 aromatic rings. The van der Waals surface area contributed by atoms with Crippen LogP contribution >= 0.6 is 0 Å². The minimum absolute atomic E-state index is 0.0158. The summed E-state index contributed by atoms with van der Waals surface area (Å²) < 4.78 is 41.1. The van der Waals surface area contributed by atoms with Gasteiger partial charge in [0, 0.05) is 19.2 Å². The molecule has 7 heteroatoms. The highest BCUT2D eigenvalue weighted by atomic mass is 19.4. The molecule has 4 nitrogen and oxygen atoms in total. The number of halogens is 3. The standard InChI is InChI=1S/C20H20F3N3O/c1-26-19(13-3-6-15(7-4-13)27-20(21,22)23)17-9-5-14-10-12(11-24)2-8-16(14)18(17)25-26/h3-4,6-7,10-11,17,19,24H,2,5,8-9H2,1H3. The van der Waals surface area contributed by atoms with Gasteiger partial charge in [0.1, 0.15) is 5.75 Å². The Balaban J connectivity index is 1.59. The summed E-state index contributed by atoms with van der Waals surface area (Å²) in [5, 5.41) is 14.2. The van der Waals surface area contributed by atoms with Crippen LogP contribution in [0.3, 0.4) is 0 Å². The van der Waals surface area contributed by atoms with Crippen molar-refractivity contribution < 1.29 is 17.9 Å². The molecule has 2 aliphatic carbocycles. The fourth-order valence-corrected chi connectivity index (χ4v) is 4.36. The molecule has 0 spiro atoms. The topological polar surface area (TPSA) is 48.7 Å². The van der Waals surface area contributed by atoms with E-state index >= 15 is 0 Å². The smallest absolute Gasteiger partial charge is 0.406 e. The number of fused-ring (bicyclic) bond motifs is 2. The van der Waals surface area contributed by atoms with Gasteiger partial charge in [0.25, 0.3) is 0 Å². The fraction of sp³-hybridized carbons (Fsp3) is 0.400. The SMILES string of the molecule is CN1N=C2C3=C(C=C(C=N)CC3)CCC2C1c1ccc(OC(F)(F)F)cc1. The Morgan fingerprint density at radius 2 is 1.93 bits per heavy atom. The van der Waals surface area contributed by atoms with E-state index in [2.05, 4.69) is 10.8 Å². The van der Waals surface area contributed by atoms with Crippen LogP contribution in [0.5, 0.6) is 5.75 Å². The molecule has 2 atom stereocenters. The van der Waals surface area contributed by atoms with Gasteiger partial charge in [-0.3, -0.25) is 5.01 Å². The van der Waals surface area contributed by atoms with E-state index in [0.29, 0.717) is 0 Å². The molecule has 142 valence electrons. The Morgan fingerprint density at radius 1 is 1.19 bits per heavy atom. The molecule has 0 fully saturated rings.